The molecular formula is C25H21ClN4O2. The number of ether oxygens (including phenoxy) is 1. The molecule has 0 saturated carbocycles. The highest BCUT2D eigenvalue weighted by Crippen LogP contribution is 2.19. The van der Waals surface area contributed by atoms with Crippen LogP contribution in [0.3, 0.4) is 0 Å². The molecule has 4 aromatic rings. The summed E-state index contributed by atoms with van der Waals surface area (Å²) in [6.45, 7) is 2.50. The Morgan fingerprint density at radius 3 is 2.53 bits per heavy atom. The van der Waals surface area contributed by atoms with Crippen LogP contribution < -0.4 is 15.7 Å². The van der Waals surface area contributed by atoms with Crippen molar-refractivity contribution in [3.63, 3.8) is 0 Å². The molecule has 1 N–H and O–H groups in total. The first kappa shape index (κ1) is 21.3. The van der Waals surface area contributed by atoms with Gasteiger partial charge in [0.25, 0.3) is 5.56 Å². The largest absolute Gasteiger partial charge is 0.488 e. The van der Waals surface area contributed by atoms with E-state index in [1.54, 1.807) is 18.3 Å². The fourth-order valence-electron chi connectivity index (χ4n) is 3.00. The average molecular weight is 445 g/mol. The van der Waals surface area contributed by atoms with Crippen LogP contribution in [0.4, 0.5) is 5.69 Å². The van der Waals surface area contributed by atoms with Gasteiger partial charge >= 0.3 is 0 Å². The van der Waals surface area contributed by atoms with Gasteiger partial charge in [-0.25, -0.2) is 0 Å². The molecule has 7 heteroatoms. The van der Waals surface area contributed by atoms with Crippen molar-refractivity contribution in [3.8, 4) is 11.4 Å². The lowest BCUT2D eigenvalue weighted by molar-refractivity contribution is 0.306. The molecule has 1 heterocycles. The molecule has 0 saturated heterocycles. The van der Waals surface area contributed by atoms with Crippen molar-refractivity contribution in [1.82, 2.24) is 9.78 Å². The number of hydrazone groups is 1. The molecule has 0 bridgehead atoms. The van der Waals surface area contributed by atoms with E-state index in [9.17, 15) is 4.79 Å². The molecule has 0 spiro atoms. The highest BCUT2D eigenvalue weighted by atomic mass is 35.5. The van der Waals surface area contributed by atoms with Crippen molar-refractivity contribution < 1.29 is 4.74 Å². The minimum atomic E-state index is -0.431. The van der Waals surface area contributed by atoms with E-state index in [4.69, 9.17) is 16.3 Å². The maximum absolute atomic E-state index is 12.6. The molecule has 0 aliphatic carbocycles. The average Bonchev–Trinajstić information content (AvgIpc) is 2.83. The van der Waals surface area contributed by atoms with Crippen LogP contribution in [0.15, 0.2) is 95.0 Å². The Kier molecular flexibility index (Phi) is 6.63. The molecule has 0 unspecified atom stereocenters. The molecule has 160 valence electrons. The molecule has 3 aromatic carbocycles. The van der Waals surface area contributed by atoms with Crippen LogP contribution in [0.1, 0.15) is 16.7 Å². The van der Waals surface area contributed by atoms with Crippen molar-refractivity contribution in [2.75, 3.05) is 5.43 Å². The minimum absolute atomic E-state index is 0.00455. The van der Waals surface area contributed by atoms with Gasteiger partial charge in [0.05, 0.1) is 18.1 Å². The number of para-hydroxylation sites is 2. The number of nitrogens with one attached hydrogen (secondary N) is 1. The molecule has 4 rings (SSSR count). The van der Waals surface area contributed by atoms with Crippen LogP contribution in [0.2, 0.25) is 5.02 Å². The van der Waals surface area contributed by atoms with Gasteiger partial charge in [0.15, 0.2) is 0 Å². The summed E-state index contributed by atoms with van der Waals surface area (Å²) in [5.41, 5.74) is 6.39. The Morgan fingerprint density at radius 2 is 1.75 bits per heavy atom. The maximum Gasteiger partial charge on any atom is 0.292 e. The number of hydrogen-bond donors (Lipinski definition) is 1. The number of hydrogen-bond acceptors (Lipinski definition) is 5. The normalized spacial score (nSPS) is 10.9. The number of halogens is 1. The predicted octanol–water partition coefficient (Wildman–Crippen LogP) is 5.22. The maximum atomic E-state index is 12.6. The SMILES string of the molecule is Cc1ccc(COc2ccccc2/C=N\Nc2cnn(-c3ccccc3)c(=O)c2Cl)cc1. The van der Waals surface area contributed by atoms with Crippen LogP contribution in [0.5, 0.6) is 5.75 Å². The van der Waals surface area contributed by atoms with Gasteiger partial charge < -0.3 is 4.74 Å². The van der Waals surface area contributed by atoms with Gasteiger partial charge in [-0.3, -0.25) is 10.2 Å². The lowest BCUT2D eigenvalue weighted by atomic mass is 10.1. The van der Waals surface area contributed by atoms with E-state index >= 15 is 0 Å². The zero-order chi connectivity index (χ0) is 22.3. The molecule has 6 nitrogen and oxygen atoms in total. The van der Waals surface area contributed by atoms with E-state index in [-0.39, 0.29) is 5.02 Å². The van der Waals surface area contributed by atoms with Crippen molar-refractivity contribution in [3.05, 3.63) is 117 Å². The summed E-state index contributed by atoms with van der Waals surface area (Å²) >= 11 is 6.26. The summed E-state index contributed by atoms with van der Waals surface area (Å²) in [6.07, 6.45) is 3.08. The van der Waals surface area contributed by atoms with Gasteiger partial charge in [-0.1, -0.05) is 71.8 Å². The zero-order valence-corrected chi connectivity index (χ0v) is 18.2. The monoisotopic (exact) mass is 444 g/mol. The Labute approximate surface area is 190 Å². The number of aryl methyl sites for hydroxylation is 1. The minimum Gasteiger partial charge on any atom is -0.488 e. The number of rotatable bonds is 7. The Hall–Kier alpha value is -3.90. The molecular weight excluding hydrogens is 424 g/mol. The van der Waals surface area contributed by atoms with Gasteiger partial charge in [0.2, 0.25) is 0 Å². The highest BCUT2D eigenvalue weighted by Gasteiger charge is 2.10. The first-order valence-corrected chi connectivity index (χ1v) is 10.4. The molecule has 0 radical (unpaired) electrons. The molecule has 32 heavy (non-hydrogen) atoms. The number of benzene rings is 3. The fourth-order valence-corrected chi connectivity index (χ4v) is 3.17. The number of anilines is 1. The van der Waals surface area contributed by atoms with E-state index in [2.05, 4.69) is 34.7 Å². The third-order valence-electron chi connectivity index (χ3n) is 4.74. The topological polar surface area (TPSA) is 68.5 Å². The quantitative estimate of drug-likeness (QED) is 0.313. The van der Waals surface area contributed by atoms with Crippen LogP contribution in [-0.4, -0.2) is 16.0 Å². The van der Waals surface area contributed by atoms with Crippen LogP contribution in [0, 0.1) is 6.92 Å². The van der Waals surface area contributed by atoms with Crippen molar-refractivity contribution >= 4 is 23.5 Å². The standard InChI is InChI=1S/C25H21ClN4O2/c1-18-11-13-19(14-12-18)17-32-23-10-6-5-7-20(23)15-27-29-22-16-28-30(25(31)24(22)26)21-8-3-2-4-9-21/h2-16,29H,17H2,1H3/b27-15-. The summed E-state index contributed by atoms with van der Waals surface area (Å²) in [5, 5.41) is 8.40. The van der Waals surface area contributed by atoms with E-state index in [0.29, 0.717) is 23.7 Å². The number of nitrogens with zero attached hydrogens (tertiary/aromatic N) is 3. The van der Waals surface area contributed by atoms with Crippen molar-refractivity contribution in [1.29, 1.82) is 0 Å². The summed E-state index contributed by atoms with van der Waals surface area (Å²) in [6, 6.07) is 24.8. The molecule has 1 aromatic heterocycles. The van der Waals surface area contributed by atoms with Gasteiger partial charge in [-0.2, -0.15) is 14.9 Å². The summed E-state index contributed by atoms with van der Waals surface area (Å²) in [7, 11) is 0. The van der Waals surface area contributed by atoms with E-state index in [1.807, 2.05) is 54.6 Å². The first-order valence-electron chi connectivity index (χ1n) is 10.0. The Bertz CT molecular complexity index is 1290. The van der Waals surface area contributed by atoms with Crippen molar-refractivity contribution in [2.45, 2.75) is 13.5 Å². The summed E-state index contributed by atoms with van der Waals surface area (Å²) < 4.78 is 7.20. The molecule has 0 atom stereocenters. The van der Waals surface area contributed by atoms with Gasteiger partial charge in [-0.15, -0.1) is 0 Å². The zero-order valence-electron chi connectivity index (χ0n) is 17.4. The van der Waals surface area contributed by atoms with Crippen LogP contribution in [-0.2, 0) is 6.61 Å². The second kappa shape index (κ2) is 9.94. The van der Waals surface area contributed by atoms with Crippen LogP contribution in [0.25, 0.3) is 5.69 Å². The second-order valence-electron chi connectivity index (χ2n) is 7.11. The summed E-state index contributed by atoms with van der Waals surface area (Å²) in [5.74, 6) is 0.697. The third kappa shape index (κ3) is 5.04. The van der Waals surface area contributed by atoms with E-state index < -0.39 is 5.56 Å². The van der Waals surface area contributed by atoms with Gasteiger partial charge in [-0.05, 0) is 36.8 Å². The summed E-state index contributed by atoms with van der Waals surface area (Å²) in [4.78, 5) is 12.6. The molecule has 0 fully saturated rings. The Balaban J connectivity index is 1.47. The number of aromatic nitrogens is 2. The smallest absolute Gasteiger partial charge is 0.292 e. The molecule has 0 aliphatic heterocycles. The fraction of sp³-hybridized carbons (Fsp3) is 0.0800. The Morgan fingerprint density at radius 1 is 1.03 bits per heavy atom. The first-order chi connectivity index (χ1) is 15.6. The molecule has 0 amide bonds. The third-order valence-corrected chi connectivity index (χ3v) is 5.11. The van der Waals surface area contributed by atoms with Crippen molar-refractivity contribution in [2.24, 2.45) is 5.10 Å². The molecule has 0 aliphatic rings. The predicted molar refractivity (Wildman–Crippen MR) is 128 cm³/mol. The van der Waals surface area contributed by atoms with Gasteiger partial charge in [0.1, 0.15) is 23.1 Å². The lowest BCUT2D eigenvalue weighted by Crippen LogP contribution is -2.22. The van der Waals surface area contributed by atoms with Gasteiger partial charge in [0, 0.05) is 5.56 Å². The second-order valence-corrected chi connectivity index (χ2v) is 7.48. The van der Waals surface area contributed by atoms with E-state index in [1.165, 1.54) is 16.4 Å². The highest BCUT2D eigenvalue weighted by molar-refractivity contribution is 6.32. The van der Waals surface area contributed by atoms with Crippen LogP contribution >= 0.6 is 11.6 Å². The van der Waals surface area contributed by atoms with E-state index in [0.717, 1.165) is 11.1 Å². The lowest BCUT2D eigenvalue weighted by Gasteiger charge is -2.10.